The molecule has 6 heteroatoms. The molecule has 3 rings (SSSR count). The number of nitrogens with one attached hydrogen (secondary N) is 1. The Labute approximate surface area is 145 Å². The minimum atomic E-state index is -1.04. The van der Waals surface area contributed by atoms with Crippen molar-refractivity contribution in [2.24, 2.45) is 0 Å². The van der Waals surface area contributed by atoms with Gasteiger partial charge in [-0.15, -0.1) is 0 Å². The molecule has 1 aliphatic heterocycles. The first-order valence-electron chi connectivity index (χ1n) is 7.94. The van der Waals surface area contributed by atoms with Gasteiger partial charge in [0.1, 0.15) is 11.5 Å². The first-order valence-corrected chi connectivity index (χ1v) is 7.94. The number of carboxylic acids is 1. The van der Waals surface area contributed by atoms with Gasteiger partial charge in [0.15, 0.2) is 12.7 Å². The van der Waals surface area contributed by atoms with Crippen molar-refractivity contribution in [1.29, 1.82) is 0 Å². The largest absolute Gasteiger partial charge is 0.482 e. The third kappa shape index (κ3) is 3.91. The lowest BCUT2D eigenvalue weighted by atomic mass is 10.0. The number of hydrogen-bond acceptors (Lipinski definition) is 4. The lowest BCUT2D eigenvalue weighted by Gasteiger charge is -2.12. The maximum absolute atomic E-state index is 12.4. The van der Waals surface area contributed by atoms with Crippen LogP contribution in [0, 0.1) is 13.8 Å². The number of carbonyl (C=O) groups is 2. The molecule has 0 radical (unpaired) electrons. The van der Waals surface area contributed by atoms with Crippen LogP contribution < -0.4 is 14.8 Å². The second-order valence-electron chi connectivity index (χ2n) is 6.05. The predicted molar refractivity (Wildman–Crippen MR) is 92.2 cm³/mol. The second kappa shape index (κ2) is 6.84. The molecule has 130 valence electrons. The van der Waals surface area contributed by atoms with Crippen LogP contribution in [-0.2, 0) is 16.0 Å². The van der Waals surface area contributed by atoms with Gasteiger partial charge in [0.2, 0.25) is 0 Å². The molecular weight excluding hydrogens is 322 g/mol. The summed E-state index contributed by atoms with van der Waals surface area (Å²) in [5, 5.41) is 11.4. The van der Waals surface area contributed by atoms with Gasteiger partial charge in [-0.05, 0) is 60.9 Å². The monoisotopic (exact) mass is 341 g/mol. The number of anilines is 1. The van der Waals surface area contributed by atoms with Crippen LogP contribution in [0.1, 0.15) is 16.7 Å². The van der Waals surface area contributed by atoms with E-state index < -0.39 is 18.7 Å². The van der Waals surface area contributed by atoms with E-state index in [1.165, 1.54) is 5.56 Å². The van der Waals surface area contributed by atoms with Crippen LogP contribution in [0.3, 0.4) is 0 Å². The van der Waals surface area contributed by atoms with Gasteiger partial charge in [-0.25, -0.2) is 4.79 Å². The number of fused-ring (bicyclic) bond motifs is 1. The van der Waals surface area contributed by atoms with Crippen LogP contribution in [-0.4, -0.2) is 29.7 Å². The van der Waals surface area contributed by atoms with Crippen molar-refractivity contribution >= 4 is 17.6 Å². The SMILES string of the molecule is Cc1cc2c(cc1C)OC(C(=O)Nc1ccc(OCC(=O)O)cc1)C2. The molecule has 2 N–H and O–H groups in total. The maximum Gasteiger partial charge on any atom is 0.341 e. The van der Waals surface area contributed by atoms with Gasteiger partial charge in [-0.3, -0.25) is 4.79 Å². The highest BCUT2D eigenvalue weighted by molar-refractivity contribution is 5.95. The van der Waals surface area contributed by atoms with Gasteiger partial charge < -0.3 is 19.9 Å². The Morgan fingerprint density at radius 1 is 1.20 bits per heavy atom. The molecule has 1 amide bonds. The summed E-state index contributed by atoms with van der Waals surface area (Å²) in [6.07, 6.45) is -0.0126. The minimum Gasteiger partial charge on any atom is -0.482 e. The van der Waals surface area contributed by atoms with Gasteiger partial charge in [0.05, 0.1) is 0 Å². The Kier molecular flexibility index (Phi) is 4.61. The van der Waals surface area contributed by atoms with E-state index in [9.17, 15) is 9.59 Å². The van der Waals surface area contributed by atoms with Crippen LogP contribution in [0.25, 0.3) is 0 Å². The molecule has 0 bridgehead atoms. The van der Waals surface area contributed by atoms with Crippen LogP contribution in [0.2, 0.25) is 0 Å². The van der Waals surface area contributed by atoms with Crippen molar-refractivity contribution < 1.29 is 24.2 Å². The Hall–Kier alpha value is -3.02. The summed E-state index contributed by atoms with van der Waals surface area (Å²) in [5.41, 5.74) is 3.96. The first-order chi connectivity index (χ1) is 11.9. The summed E-state index contributed by atoms with van der Waals surface area (Å²) in [4.78, 5) is 22.9. The molecular formula is C19H19NO5. The topological polar surface area (TPSA) is 84.9 Å². The molecule has 1 unspecified atom stereocenters. The van der Waals surface area contributed by atoms with Crippen LogP contribution in [0.4, 0.5) is 5.69 Å². The molecule has 0 saturated carbocycles. The normalized spacial score (nSPS) is 15.2. The Morgan fingerprint density at radius 3 is 2.56 bits per heavy atom. The van der Waals surface area contributed by atoms with E-state index in [-0.39, 0.29) is 5.91 Å². The average Bonchev–Trinajstić information content (AvgIpc) is 2.97. The van der Waals surface area contributed by atoms with Crippen molar-refractivity contribution in [3.05, 3.63) is 53.1 Å². The highest BCUT2D eigenvalue weighted by atomic mass is 16.5. The lowest BCUT2D eigenvalue weighted by Crippen LogP contribution is -2.31. The zero-order valence-electron chi connectivity index (χ0n) is 14.0. The third-order valence-electron chi connectivity index (χ3n) is 4.13. The Bertz CT molecular complexity index is 782. The van der Waals surface area contributed by atoms with Gasteiger partial charge >= 0.3 is 5.97 Å². The van der Waals surface area contributed by atoms with Crippen molar-refractivity contribution in [2.45, 2.75) is 26.4 Å². The van der Waals surface area contributed by atoms with E-state index in [1.807, 2.05) is 19.9 Å². The van der Waals surface area contributed by atoms with Crippen molar-refractivity contribution in [1.82, 2.24) is 0 Å². The average molecular weight is 341 g/mol. The molecule has 1 aliphatic rings. The number of aliphatic carboxylic acids is 1. The third-order valence-corrected chi connectivity index (χ3v) is 4.13. The number of carbonyl (C=O) groups excluding carboxylic acids is 1. The summed E-state index contributed by atoms with van der Waals surface area (Å²) in [7, 11) is 0. The molecule has 6 nitrogen and oxygen atoms in total. The van der Waals surface area contributed by atoms with E-state index in [1.54, 1.807) is 24.3 Å². The zero-order valence-corrected chi connectivity index (χ0v) is 14.0. The molecule has 25 heavy (non-hydrogen) atoms. The fourth-order valence-electron chi connectivity index (χ4n) is 2.66. The fraction of sp³-hybridized carbons (Fsp3) is 0.263. The number of aryl methyl sites for hydroxylation is 2. The lowest BCUT2D eigenvalue weighted by molar-refractivity contribution is -0.139. The summed E-state index contributed by atoms with van der Waals surface area (Å²) < 4.78 is 10.8. The number of ether oxygens (including phenoxy) is 2. The minimum absolute atomic E-state index is 0.217. The molecule has 2 aromatic carbocycles. The summed E-state index contributed by atoms with van der Waals surface area (Å²) >= 11 is 0. The quantitative estimate of drug-likeness (QED) is 0.873. The van der Waals surface area contributed by atoms with Crippen molar-refractivity contribution in [3.8, 4) is 11.5 Å². The Balaban J connectivity index is 1.60. The second-order valence-corrected chi connectivity index (χ2v) is 6.05. The van der Waals surface area contributed by atoms with Crippen LogP contribution in [0.15, 0.2) is 36.4 Å². The van der Waals surface area contributed by atoms with Gasteiger partial charge in [-0.2, -0.15) is 0 Å². The molecule has 1 heterocycles. The van der Waals surface area contributed by atoms with Crippen LogP contribution >= 0.6 is 0 Å². The smallest absolute Gasteiger partial charge is 0.341 e. The maximum atomic E-state index is 12.4. The van der Waals surface area contributed by atoms with Gasteiger partial charge in [-0.1, -0.05) is 6.07 Å². The molecule has 0 fully saturated rings. The molecule has 0 aromatic heterocycles. The summed E-state index contributed by atoms with van der Waals surface area (Å²) in [6, 6.07) is 10.6. The fourth-order valence-corrected chi connectivity index (χ4v) is 2.66. The van der Waals surface area contributed by atoms with E-state index in [4.69, 9.17) is 14.6 Å². The number of rotatable bonds is 5. The van der Waals surface area contributed by atoms with Crippen molar-refractivity contribution in [3.63, 3.8) is 0 Å². The number of benzene rings is 2. The number of hydrogen-bond donors (Lipinski definition) is 2. The molecule has 1 atom stereocenters. The number of amides is 1. The standard InChI is InChI=1S/C19H19NO5/c1-11-7-13-9-17(25-16(13)8-12(11)2)19(23)20-14-3-5-15(6-4-14)24-10-18(21)22/h3-8,17H,9-10H2,1-2H3,(H,20,23)(H,21,22). The first kappa shape index (κ1) is 16.8. The van der Waals surface area contributed by atoms with E-state index in [0.29, 0.717) is 17.9 Å². The summed E-state index contributed by atoms with van der Waals surface area (Å²) in [6.45, 7) is 3.65. The molecule has 0 spiro atoms. The van der Waals surface area contributed by atoms with Crippen molar-refractivity contribution in [2.75, 3.05) is 11.9 Å². The zero-order chi connectivity index (χ0) is 18.0. The highest BCUT2D eigenvalue weighted by Gasteiger charge is 2.29. The number of carboxylic acid groups (broad SMARTS) is 1. The van der Waals surface area contributed by atoms with E-state index in [2.05, 4.69) is 11.4 Å². The van der Waals surface area contributed by atoms with Gasteiger partial charge in [0.25, 0.3) is 5.91 Å². The predicted octanol–water partition coefficient (Wildman–Crippen LogP) is 2.71. The highest BCUT2D eigenvalue weighted by Crippen LogP contribution is 2.32. The summed E-state index contributed by atoms with van der Waals surface area (Å²) in [5.74, 6) is -0.0666. The van der Waals surface area contributed by atoms with E-state index in [0.717, 1.165) is 16.9 Å². The van der Waals surface area contributed by atoms with E-state index >= 15 is 0 Å². The van der Waals surface area contributed by atoms with Crippen LogP contribution in [0.5, 0.6) is 11.5 Å². The Morgan fingerprint density at radius 2 is 1.88 bits per heavy atom. The molecule has 0 saturated heterocycles. The van der Waals surface area contributed by atoms with Gasteiger partial charge in [0, 0.05) is 12.1 Å². The molecule has 2 aromatic rings. The molecule has 0 aliphatic carbocycles.